The molecule has 2 heterocycles. The highest BCUT2D eigenvalue weighted by Gasteiger charge is 2.34. The van der Waals surface area contributed by atoms with Gasteiger partial charge in [-0.2, -0.15) is 5.10 Å². The standard InChI is InChI=1S/C19H23N7O/c1-13-18(14(2)24(3)21-13)11-26(17-8-9-17)19(27)16-6-4-15(5-7-16)10-25-12-20-22-23-25/h4-7,12,17H,8-11H2,1-3H3. The Morgan fingerprint density at radius 3 is 2.52 bits per heavy atom. The Kier molecular flexibility index (Phi) is 4.47. The highest BCUT2D eigenvalue weighted by atomic mass is 16.2. The number of tetrazole rings is 1. The summed E-state index contributed by atoms with van der Waals surface area (Å²) in [7, 11) is 1.94. The number of carbonyl (C=O) groups is 1. The fourth-order valence-corrected chi connectivity index (χ4v) is 3.33. The zero-order valence-corrected chi connectivity index (χ0v) is 15.8. The smallest absolute Gasteiger partial charge is 0.254 e. The summed E-state index contributed by atoms with van der Waals surface area (Å²) in [5.41, 5.74) is 5.01. The van der Waals surface area contributed by atoms with E-state index in [2.05, 4.69) is 27.5 Å². The molecule has 27 heavy (non-hydrogen) atoms. The maximum absolute atomic E-state index is 13.1. The van der Waals surface area contributed by atoms with Crippen molar-refractivity contribution in [2.45, 2.75) is 45.8 Å². The van der Waals surface area contributed by atoms with Crippen LogP contribution in [0.2, 0.25) is 0 Å². The van der Waals surface area contributed by atoms with Gasteiger partial charge in [0.25, 0.3) is 5.91 Å². The number of carbonyl (C=O) groups excluding carboxylic acids is 1. The van der Waals surface area contributed by atoms with E-state index < -0.39 is 0 Å². The van der Waals surface area contributed by atoms with Crippen molar-refractivity contribution in [1.29, 1.82) is 0 Å². The number of rotatable bonds is 6. The van der Waals surface area contributed by atoms with Crippen molar-refractivity contribution in [2.75, 3.05) is 0 Å². The Morgan fingerprint density at radius 2 is 1.96 bits per heavy atom. The minimum absolute atomic E-state index is 0.0779. The molecule has 0 radical (unpaired) electrons. The molecule has 3 aromatic rings. The van der Waals surface area contributed by atoms with E-state index in [4.69, 9.17) is 0 Å². The Morgan fingerprint density at radius 1 is 1.22 bits per heavy atom. The molecule has 140 valence electrons. The molecule has 0 spiro atoms. The molecule has 1 saturated carbocycles. The van der Waals surface area contributed by atoms with Crippen LogP contribution in [0.25, 0.3) is 0 Å². The van der Waals surface area contributed by atoms with Crippen LogP contribution in [0.1, 0.15) is 45.7 Å². The lowest BCUT2D eigenvalue weighted by molar-refractivity contribution is 0.0729. The molecule has 1 fully saturated rings. The van der Waals surface area contributed by atoms with E-state index in [0.29, 0.717) is 24.7 Å². The highest BCUT2D eigenvalue weighted by molar-refractivity contribution is 5.94. The van der Waals surface area contributed by atoms with Crippen LogP contribution in [0.5, 0.6) is 0 Å². The van der Waals surface area contributed by atoms with Gasteiger partial charge in [-0.25, -0.2) is 4.68 Å². The van der Waals surface area contributed by atoms with Gasteiger partial charge in [-0.15, -0.1) is 5.10 Å². The summed E-state index contributed by atoms with van der Waals surface area (Å²) in [6.45, 7) is 5.26. The van der Waals surface area contributed by atoms with Crippen molar-refractivity contribution < 1.29 is 4.79 Å². The average molecular weight is 365 g/mol. The van der Waals surface area contributed by atoms with Crippen LogP contribution < -0.4 is 0 Å². The van der Waals surface area contributed by atoms with Crippen LogP contribution in [0.3, 0.4) is 0 Å². The maximum atomic E-state index is 13.1. The summed E-state index contributed by atoms with van der Waals surface area (Å²) < 4.78 is 3.54. The van der Waals surface area contributed by atoms with Gasteiger partial charge >= 0.3 is 0 Å². The third-order valence-corrected chi connectivity index (χ3v) is 5.17. The lowest BCUT2D eigenvalue weighted by Crippen LogP contribution is -2.33. The first-order valence-corrected chi connectivity index (χ1v) is 9.12. The predicted octanol–water partition coefficient (Wildman–Crippen LogP) is 1.88. The predicted molar refractivity (Wildman–Crippen MR) is 98.9 cm³/mol. The number of aromatic nitrogens is 6. The first-order valence-electron chi connectivity index (χ1n) is 9.12. The number of hydrogen-bond donors (Lipinski definition) is 0. The lowest BCUT2D eigenvalue weighted by atomic mass is 10.1. The molecule has 0 bridgehead atoms. The minimum atomic E-state index is 0.0779. The van der Waals surface area contributed by atoms with E-state index in [0.717, 1.165) is 35.4 Å². The zero-order valence-electron chi connectivity index (χ0n) is 15.8. The number of aryl methyl sites for hydroxylation is 2. The van der Waals surface area contributed by atoms with Crippen molar-refractivity contribution in [2.24, 2.45) is 7.05 Å². The monoisotopic (exact) mass is 365 g/mol. The fraction of sp³-hybridized carbons (Fsp3) is 0.421. The molecule has 2 aromatic heterocycles. The summed E-state index contributed by atoms with van der Waals surface area (Å²) in [6.07, 6.45) is 3.72. The van der Waals surface area contributed by atoms with E-state index in [1.807, 2.05) is 47.8 Å². The molecule has 0 aliphatic heterocycles. The lowest BCUT2D eigenvalue weighted by Gasteiger charge is -2.23. The van der Waals surface area contributed by atoms with Gasteiger partial charge in [-0.3, -0.25) is 9.48 Å². The maximum Gasteiger partial charge on any atom is 0.254 e. The second kappa shape index (κ2) is 6.94. The van der Waals surface area contributed by atoms with Crippen molar-refractivity contribution in [3.8, 4) is 0 Å². The van der Waals surface area contributed by atoms with Crippen molar-refractivity contribution >= 4 is 5.91 Å². The van der Waals surface area contributed by atoms with Gasteiger partial charge in [0.15, 0.2) is 0 Å². The Labute approximate surface area is 157 Å². The Balaban J connectivity index is 1.52. The quantitative estimate of drug-likeness (QED) is 0.666. The van der Waals surface area contributed by atoms with E-state index in [1.54, 1.807) is 11.0 Å². The second-order valence-electron chi connectivity index (χ2n) is 7.14. The summed E-state index contributed by atoms with van der Waals surface area (Å²) in [5, 5.41) is 15.6. The van der Waals surface area contributed by atoms with Gasteiger partial charge in [0.05, 0.1) is 12.2 Å². The Hall–Kier alpha value is -3.03. The zero-order chi connectivity index (χ0) is 19.0. The Bertz CT molecular complexity index is 939. The first kappa shape index (κ1) is 17.4. The first-order chi connectivity index (χ1) is 13.0. The molecular weight excluding hydrogens is 342 g/mol. The molecule has 1 aromatic carbocycles. The van der Waals surface area contributed by atoms with Gasteiger partial charge < -0.3 is 4.90 Å². The van der Waals surface area contributed by atoms with Crippen LogP contribution in [0, 0.1) is 13.8 Å². The van der Waals surface area contributed by atoms with Crippen LogP contribution >= 0.6 is 0 Å². The molecule has 1 aliphatic carbocycles. The molecule has 1 aliphatic rings. The van der Waals surface area contributed by atoms with E-state index >= 15 is 0 Å². The molecular formula is C19H23N7O. The normalized spacial score (nSPS) is 13.7. The third kappa shape index (κ3) is 3.60. The average Bonchev–Trinajstić information content (AvgIpc) is 3.31. The van der Waals surface area contributed by atoms with Crippen LogP contribution in [-0.4, -0.2) is 46.8 Å². The largest absolute Gasteiger partial charge is 0.331 e. The number of benzene rings is 1. The summed E-state index contributed by atoms with van der Waals surface area (Å²) in [6, 6.07) is 8.03. The van der Waals surface area contributed by atoms with Crippen LogP contribution in [-0.2, 0) is 20.1 Å². The van der Waals surface area contributed by atoms with Gasteiger partial charge in [0.1, 0.15) is 6.33 Å². The van der Waals surface area contributed by atoms with Crippen LogP contribution in [0.15, 0.2) is 30.6 Å². The van der Waals surface area contributed by atoms with E-state index in [1.165, 1.54) is 0 Å². The highest BCUT2D eigenvalue weighted by Crippen LogP contribution is 2.31. The van der Waals surface area contributed by atoms with Crippen LogP contribution in [0.4, 0.5) is 0 Å². The van der Waals surface area contributed by atoms with Gasteiger partial charge in [-0.05, 0) is 54.8 Å². The SMILES string of the molecule is Cc1nn(C)c(C)c1CN(C(=O)c1ccc(Cn2cnnn2)cc1)C1CC1. The second-order valence-corrected chi connectivity index (χ2v) is 7.14. The van der Waals surface area contributed by atoms with Gasteiger partial charge in [0.2, 0.25) is 0 Å². The fourth-order valence-electron chi connectivity index (χ4n) is 3.33. The number of nitrogens with zero attached hydrogens (tertiary/aromatic N) is 7. The number of hydrogen-bond acceptors (Lipinski definition) is 5. The molecule has 0 saturated heterocycles. The topological polar surface area (TPSA) is 81.7 Å². The third-order valence-electron chi connectivity index (χ3n) is 5.17. The van der Waals surface area contributed by atoms with Crippen molar-refractivity contribution in [3.63, 3.8) is 0 Å². The molecule has 4 rings (SSSR count). The molecule has 8 heteroatoms. The number of amides is 1. The van der Waals surface area contributed by atoms with Crippen molar-refractivity contribution in [3.05, 3.63) is 58.7 Å². The molecule has 1 amide bonds. The van der Waals surface area contributed by atoms with Gasteiger partial charge in [0, 0.05) is 36.5 Å². The van der Waals surface area contributed by atoms with E-state index in [9.17, 15) is 4.79 Å². The van der Waals surface area contributed by atoms with E-state index in [-0.39, 0.29) is 5.91 Å². The molecule has 0 atom stereocenters. The molecule has 0 N–H and O–H groups in total. The molecule has 8 nitrogen and oxygen atoms in total. The van der Waals surface area contributed by atoms with Crippen molar-refractivity contribution in [1.82, 2.24) is 34.9 Å². The summed E-state index contributed by atoms with van der Waals surface area (Å²) >= 11 is 0. The molecule has 0 unspecified atom stereocenters. The summed E-state index contributed by atoms with van der Waals surface area (Å²) in [5.74, 6) is 0.0779. The van der Waals surface area contributed by atoms with Gasteiger partial charge in [-0.1, -0.05) is 12.1 Å². The summed E-state index contributed by atoms with van der Waals surface area (Å²) in [4.78, 5) is 15.1. The minimum Gasteiger partial charge on any atom is -0.331 e.